The summed E-state index contributed by atoms with van der Waals surface area (Å²) in [6.45, 7) is 3.64. The summed E-state index contributed by atoms with van der Waals surface area (Å²) in [4.78, 5) is 23.6. The SMILES string of the molecule is COc1cc(Cl)ccc1COc1nc2c(cc1Cl)CCN(Cc1nc3ccc(C(=O)O)cc3n1C[C@@H]1CCO1)C2. The summed E-state index contributed by atoms with van der Waals surface area (Å²) in [6, 6.07) is 12.4. The number of aromatic nitrogens is 3. The number of carboxylic acids is 1. The number of methoxy groups -OCH3 is 1. The van der Waals surface area contributed by atoms with Crippen molar-refractivity contribution in [3.63, 3.8) is 0 Å². The molecule has 0 spiro atoms. The molecule has 11 heteroatoms. The number of halogens is 2. The van der Waals surface area contributed by atoms with E-state index in [1.165, 1.54) is 0 Å². The van der Waals surface area contributed by atoms with E-state index in [0.29, 0.717) is 41.3 Å². The van der Waals surface area contributed by atoms with E-state index in [4.69, 9.17) is 47.4 Å². The summed E-state index contributed by atoms with van der Waals surface area (Å²) in [6.07, 6.45) is 1.88. The molecule has 2 aliphatic heterocycles. The van der Waals surface area contributed by atoms with Crippen LogP contribution < -0.4 is 9.47 Å². The van der Waals surface area contributed by atoms with Gasteiger partial charge in [-0.2, -0.15) is 0 Å². The third-order valence-corrected chi connectivity index (χ3v) is 7.92. The van der Waals surface area contributed by atoms with Crippen molar-refractivity contribution >= 4 is 40.2 Å². The van der Waals surface area contributed by atoms with E-state index in [-0.39, 0.29) is 18.3 Å². The van der Waals surface area contributed by atoms with Crippen LogP contribution in [0.2, 0.25) is 10.0 Å². The minimum absolute atomic E-state index is 0.106. The number of nitrogens with zero attached hydrogens (tertiary/aromatic N) is 4. The molecule has 2 aliphatic rings. The molecule has 4 aromatic rings. The minimum atomic E-state index is -0.957. The van der Waals surface area contributed by atoms with Gasteiger partial charge in [-0.1, -0.05) is 29.3 Å². The zero-order chi connectivity index (χ0) is 27.8. The second-order valence-corrected chi connectivity index (χ2v) is 10.9. The molecule has 2 aromatic carbocycles. The zero-order valence-electron chi connectivity index (χ0n) is 21.9. The lowest BCUT2D eigenvalue weighted by Crippen LogP contribution is -2.34. The van der Waals surface area contributed by atoms with E-state index in [1.807, 2.05) is 12.1 Å². The Hall–Kier alpha value is -3.37. The lowest BCUT2D eigenvalue weighted by Gasteiger charge is -2.30. The van der Waals surface area contributed by atoms with Crippen LogP contribution in [0.3, 0.4) is 0 Å². The summed E-state index contributed by atoms with van der Waals surface area (Å²) in [7, 11) is 1.59. The molecule has 0 amide bonds. The van der Waals surface area contributed by atoms with Crippen molar-refractivity contribution in [1.29, 1.82) is 0 Å². The highest BCUT2D eigenvalue weighted by atomic mass is 35.5. The monoisotopic (exact) mass is 582 g/mol. The van der Waals surface area contributed by atoms with Crippen LogP contribution in [0.15, 0.2) is 42.5 Å². The standard InChI is InChI=1S/C29H28Cl2N4O5/c1-38-26-12-20(30)4-2-19(26)16-40-28-22(31)10-17-6-8-34(14-24(17)33-28)15-27-32-23-5-3-18(29(36)37)11-25(23)35(27)13-21-7-9-39-21/h2-5,10-12,21H,6-9,13-16H2,1H3,(H,36,37)/t21-/m0/s1. The van der Waals surface area contributed by atoms with Gasteiger partial charge in [0.05, 0.1) is 48.6 Å². The number of aromatic carboxylic acids is 1. The summed E-state index contributed by atoms with van der Waals surface area (Å²) in [5.74, 6) is 0.922. The molecule has 1 fully saturated rings. The third-order valence-electron chi connectivity index (χ3n) is 7.42. The Kier molecular flexibility index (Phi) is 7.55. The number of imidazole rings is 1. The number of pyridine rings is 1. The quantitative estimate of drug-likeness (QED) is 0.281. The van der Waals surface area contributed by atoms with Crippen molar-refractivity contribution in [2.24, 2.45) is 0 Å². The molecular weight excluding hydrogens is 555 g/mol. The van der Waals surface area contributed by atoms with Crippen molar-refractivity contribution in [1.82, 2.24) is 19.4 Å². The van der Waals surface area contributed by atoms with Crippen LogP contribution in [0.1, 0.15) is 39.4 Å². The Balaban J connectivity index is 1.22. The number of carbonyl (C=O) groups is 1. The van der Waals surface area contributed by atoms with Gasteiger partial charge in [-0.25, -0.2) is 14.8 Å². The molecule has 0 unspecified atom stereocenters. The Bertz CT molecular complexity index is 1590. The fourth-order valence-corrected chi connectivity index (χ4v) is 5.54. The largest absolute Gasteiger partial charge is 0.496 e. The van der Waals surface area contributed by atoms with Gasteiger partial charge in [0.15, 0.2) is 0 Å². The maximum atomic E-state index is 11.6. The minimum Gasteiger partial charge on any atom is -0.496 e. The van der Waals surface area contributed by atoms with Crippen LogP contribution in [0.4, 0.5) is 0 Å². The number of carboxylic acid groups (broad SMARTS) is 1. The second-order valence-electron chi connectivity index (χ2n) is 10.0. The van der Waals surface area contributed by atoms with Crippen LogP contribution >= 0.6 is 23.2 Å². The highest BCUT2D eigenvalue weighted by molar-refractivity contribution is 6.32. The predicted molar refractivity (Wildman–Crippen MR) is 150 cm³/mol. The molecular formula is C29H28Cl2N4O5. The summed E-state index contributed by atoms with van der Waals surface area (Å²) in [5, 5.41) is 10.6. The van der Waals surface area contributed by atoms with E-state index in [9.17, 15) is 9.90 Å². The normalized spacial score (nSPS) is 16.9. The van der Waals surface area contributed by atoms with Gasteiger partial charge in [0.2, 0.25) is 5.88 Å². The molecule has 4 heterocycles. The number of fused-ring (bicyclic) bond motifs is 2. The Morgan fingerprint density at radius 2 is 2.02 bits per heavy atom. The van der Waals surface area contributed by atoms with Crippen molar-refractivity contribution in [3.8, 4) is 11.6 Å². The molecule has 0 radical (unpaired) electrons. The fraction of sp³-hybridized carbons (Fsp3) is 0.345. The molecule has 2 aromatic heterocycles. The molecule has 0 bridgehead atoms. The zero-order valence-corrected chi connectivity index (χ0v) is 23.4. The van der Waals surface area contributed by atoms with Crippen LogP contribution in [-0.4, -0.2) is 56.9 Å². The van der Waals surface area contributed by atoms with Gasteiger partial charge in [-0.05, 0) is 54.8 Å². The van der Waals surface area contributed by atoms with E-state index in [2.05, 4.69) is 9.47 Å². The van der Waals surface area contributed by atoms with Gasteiger partial charge in [-0.15, -0.1) is 0 Å². The van der Waals surface area contributed by atoms with Crippen LogP contribution in [0, 0.1) is 0 Å². The van der Waals surface area contributed by atoms with Crippen molar-refractivity contribution in [3.05, 3.63) is 80.7 Å². The maximum absolute atomic E-state index is 11.6. The third kappa shape index (κ3) is 5.47. The smallest absolute Gasteiger partial charge is 0.335 e. The Morgan fingerprint density at radius 3 is 2.77 bits per heavy atom. The highest BCUT2D eigenvalue weighted by Gasteiger charge is 2.26. The van der Waals surface area contributed by atoms with Crippen LogP contribution in [0.25, 0.3) is 11.0 Å². The van der Waals surface area contributed by atoms with E-state index in [0.717, 1.165) is 59.7 Å². The molecule has 1 atom stereocenters. The second kappa shape index (κ2) is 11.2. The summed E-state index contributed by atoms with van der Waals surface area (Å²) in [5.41, 5.74) is 4.67. The molecule has 40 heavy (non-hydrogen) atoms. The molecule has 1 saturated heterocycles. The maximum Gasteiger partial charge on any atom is 0.335 e. The molecule has 6 rings (SSSR count). The first-order chi connectivity index (χ1) is 19.4. The van der Waals surface area contributed by atoms with Gasteiger partial charge in [0, 0.05) is 30.3 Å². The van der Waals surface area contributed by atoms with Gasteiger partial charge in [0.25, 0.3) is 0 Å². The Morgan fingerprint density at radius 1 is 1.18 bits per heavy atom. The molecule has 1 N–H and O–H groups in total. The van der Waals surface area contributed by atoms with Gasteiger partial charge in [-0.3, -0.25) is 4.90 Å². The average Bonchev–Trinajstić information content (AvgIpc) is 3.25. The lowest BCUT2D eigenvalue weighted by atomic mass is 10.1. The fourth-order valence-electron chi connectivity index (χ4n) is 5.15. The van der Waals surface area contributed by atoms with E-state index < -0.39 is 5.97 Å². The van der Waals surface area contributed by atoms with Gasteiger partial charge < -0.3 is 23.9 Å². The molecule has 0 saturated carbocycles. The van der Waals surface area contributed by atoms with E-state index >= 15 is 0 Å². The van der Waals surface area contributed by atoms with Crippen LogP contribution in [-0.2, 0) is 37.4 Å². The molecule has 0 aliphatic carbocycles. The first-order valence-corrected chi connectivity index (χ1v) is 13.8. The average molecular weight is 583 g/mol. The Labute approximate surface area is 241 Å². The van der Waals surface area contributed by atoms with Crippen molar-refractivity contribution in [2.75, 3.05) is 20.3 Å². The number of benzene rings is 2. The lowest BCUT2D eigenvalue weighted by molar-refractivity contribution is -0.0592. The number of hydrogen-bond donors (Lipinski definition) is 1. The first-order valence-electron chi connectivity index (χ1n) is 13.1. The topological polar surface area (TPSA) is 98.9 Å². The van der Waals surface area contributed by atoms with Gasteiger partial charge in [0.1, 0.15) is 23.2 Å². The summed E-state index contributed by atoms with van der Waals surface area (Å²) < 4.78 is 19.2. The number of ether oxygens (including phenoxy) is 3. The summed E-state index contributed by atoms with van der Waals surface area (Å²) >= 11 is 12.6. The van der Waals surface area contributed by atoms with Crippen molar-refractivity contribution in [2.45, 2.75) is 45.2 Å². The van der Waals surface area contributed by atoms with Crippen molar-refractivity contribution < 1.29 is 24.1 Å². The predicted octanol–water partition coefficient (Wildman–Crippen LogP) is 5.37. The first kappa shape index (κ1) is 26.8. The van der Waals surface area contributed by atoms with E-state index in [1.54, 1.807) is 37.4 Å². The number of hydrogen-bond acceptors (Lipinski definition) is 7. The number of rotatable bonds is 9. The van der Waals surface area contributed by atoms with Gasteiger partial charge >= 0.3 is 5.97 Å². The molecule has 9 nitrogen and oxygen atoms in total. The molecule has 208 valence electrons. The van der Waals surface area contributed by atoms with Crippen LogP contribution in [0.5, 0.6) is 11.6 Å². The highest BCUT2D eigenvalue weighted by Crippen LogP contribution is 2.31.